The first-order valence-electron chi connectivity index (χ1n) is 9.75. The van der Waals surface area contributed by atoms with Crippen molar-refractivity contribution in [1.29, 1.82) is 0 Å². The van der Waals surface area contributed by atoms with Crippen LogP contribution in [0.4, 0.5) is 0 Å². The molecule has 0 radical (unpaired) electrons. The Kier molecular flexibility index (Phi) is 6.18. The van der Waals surface area contributed by atoms with Crippen LogP contribution >= 0.6 is 22.6 Å². The first kappa shape index (κ1) is 22.0. The molecule has 2 aliphatic heterocycles. The highest BCUT2D eigenvalue weighted by Gasteiger charge is 2.56. The number of benzene rings is 1. The SMILES string of the molecule is C[C@@H]1OC(=O)C2[C@H]1[C@H](CCC(C)(C)[Si](C)(C)O)ON2Cc1cccc(I)c1O. The van der Waals surface area contributed by atoms with Crippen molar-refractivity contribution in [3.8, 4) is 5.75 Å². The first-order valence-corrected chi connectivity index (χ1v) is 13.8. The van der Waals surface area contributed by atoms with E-state index in [1.165, 1.54) is 0 Å². The van der Waals surface area contributed by atoms with Crippen LogP contribution in [0.3, 0.4) is 0 Å². The summed E-state index contributed by atoms with van der Waals surface area (Å²) in [5, 5.41) is 11.9. The Labute approximate surface area is 181 Å². The maximum atomic E-state index is 12.5. The van der Waals surface area contributed by atoms with Crippen LogP contribution < -0.4 is 0 Å². The van der Waals surface area contributed by atoms with Crippen molar-refractivity contribution in [2.24, 2.45) is 5.92 Å². The zero-order valence-electron chi connectivity index (χ0n) is 17.1. The second kappa shape index (κ2) is 7.86. The van der Waals surface area contributed by atoms with E-state index in [-0.39, 0.29) is 34.9 Å². The van der Waals surface area contributed by atoms with Crippen LogP contribution in [0.15, 0.2) is 18.2 Å². The molecule has 0 bridgehead atoms. The summed E-state index contributed by atoms with van der Waals surface area (Å²) in [4.78, 5) is 29.3. The molecule has 0 spiro atoms. The fourth-order valence-corrected chi connectivity index (χ4v) is 5.23. The molecule has 2 aliphatic rings. The minimum Gasteiger partial charge on any atom is -0.507 e. The number of esters is 1. The van der Waals surface area contributed by atoms with Gasteiger partial charge in [0.1, 0.15) is 17.9 Å². The maximum Gasteiger partial charge on any atom is 0.326 e. The lowest BCUT2D eigenvalue weighted by Crippen LogP contribution is -2.40. The molecule has 2 saturated heterocycles. The largest absolute Gasteiger partial charge is 0.507 e. The van der Waals surface area contributed by atoms with E-state index >= 15 is 0 Å². The number of cyclic esters (lactones) is 1. The highest BCUT2D eigenvalue weighted by molar-refractivity contribution is 14.1. The summed E-state index contributed by atoms with van der Waals surface area (Å²) >= 11 is 2.09. The molecule has 1 unspecified atom stereocenters. The molecule has 1 aromatic rings. The van der Waals surface area contributed by atoms with Gasteiger partial charge in [-0.15, -0.1) is 0 Å². The summed E-state index contributed by atoms with van der Waals surface area (Å²) in [6.45, 7) is 10.4. The van der Waals surface area contributed by atoms with Gasteiger partial charge in [-0.2, -0.15) is 5.06 Å². The van der Waals surface area contributed by atoms with Gasteiger partial charge in [-0.3, -0.25) is 9.63 Å². The Balaban J connectivity index is 1.78. The summed E-state index contributed by atoms with van der Waals surface area (Å²) in [6.07, 6.45) is 1.22. The third-order valence-corrected chi connectivity index (χ3v) is 11.0. The van der Waals surface area contributed by atoms with Crippen LogP contribution in [-0.4, -0.2) is 47.5 Å². The molecule has 3 rings (SSSR count). The van der Waals surface area contributed by atoms with Crippen molar-refractivity contribution in [2.45, 2.75) is 76.5 Å². The lowest BCUT2D eigenvalue weighted by Gasteiger charge is -2.36. The lowest BCUT2D eigenvalue weighted by atomic mass is 9.88. The first-order chi connectivity index (χ1) is 12.9. The van der Waals surface area contributed by atoms with Gasteiger partial charge in [0.25, 0.3) is 0 Å². The lowest BCUT2D eigenvalue weighted by molar-refractivity contribution is -0.191. The number of ether oxygens (including phenoxy) is 1. The second-order valence-corrected chi connectivity index (χ2v) is 14.7. The van der Waals surface area contributed by atoms with Gasteiger partial charge in [-0.05, 0) is 66.6 Å². The third kappa shape index (κ3) is 4.11. The van der Waals surface area contributed by atoms with Crippen molar-refractivity contribution >= 4 is 36.9 Å². The standard InChI is InChI=1S/C20H30INO5Si/c1-12-16-15(9-10-20(2,3)28(4,5)25)27-22(17(16)19(24)26-12)11-13-7-6-8-14(21)18(13)23/h6-8,12,15-17,23,25H,9-11H2,1-5H3/t12-,15-,16+,17?/m0/s1. The van der Waals surface area contributed by atoms with Crippen molar-refractivity contribution < 1.29 is 24.3 Å². The van der Waals surface area contributed by atoms with Gasteiger partial charge in [-0.1, -0.05) is 26.0 Å². The molecule has 4 atom stereocenters. The minimum atomic E-state index is -2.31. The summed E-state index contributed by atoms with van der Waals surface area (Å²) < 4.78 is 6.28. The number of rotatable bonds is 6. The Hall–Kier alpha value is -0.683. The smallest absolute Gasteiger partial charge is 0.326 e. The molecule has 2 heterocycles. The number of halogens is 1. The van der Waals surface area contributed by atoms with E-state index < -0.39 is 14.4 Å². The highest BCUT2D eigenvalue weighted by Crippen LogP contribution is 2.45. The molecule has 0 aromatic heterocycles. The molecule has 0 aliphatic carbocycles. The van der Waals surface area contributed by atoms with E-state index in [1.54, 1.807) is 5.06 Å². The molecule has 6 nitrogen and oxygen atoms in total. The van der Waals surface area contributed by atoms with Gasteiger partial charge in [0, 0.05) is 5.56 Å². The Bertz CT molecular complexity index is 751. The Morgan fingerprint density at radius 2 is 2.00 bits per heavy atom. The zero-order valence-corrected chi connectivity index (χ0v) is 20.3. The number of fused-ring (bicyclic) bond motifs is 1. The summed E-state index contributed by atoms with van der Waals surface area (Å²) in [6, 6.07) is 5.11. The summed E-state index contributed by atoms with van der Waals surface area (Å²) in [5.41, 5.74) is 0.725. The average Bonchev–Trinajstić information content (AvgIpc) is 3.08. The topological polar surface area (TPSA) is 79.2 Å². The quantitative estimate of drug-likeness (QED) is 0.338. The number of carbonyl (C=O) groups excluding carboxylic acids is 1. The third-order valence-electron chi connectivity index (χ3n) is 6.57. The van der Waals surface area contributed by atoms with Gasteiger partial charge in [0.05, 0.1) is 22.1 Å². The van der Waals surface area contributed by atoms with Crippen LogP contribution in [0.1, 0.15) is 39.2 Å². The molecule has 28 heavy (non-hydrogen) atoms. The zero-order chi connectivity index (χ0) is 20.9. The number of hydrogen-bond acceptors (Lipinski definition) is 6. The van der Waals surface area contributed by atoms with E-state index in [0.29, 0.717) is 6.54 Å². The average molecular weight is 519 g/mol. The van der Waals surface area contributed by atoms with Crippen LogP contribution in [0.25, 0.3) is 0 Å². The fourth-order valence-electron chi connectivity index (χ4n) is 3.92. The van der Waals surface area contributed by atoms with Crippen molar-refractivity contribution in [3.63, 3.8) is 0 Å². The monoisotopic (exact) mass is 519 g/mol. The van der Waals surface area contributed by atoms with Crippen molar-refractivity contribution in [1.82, 2.24) is 5.06 Å². The molecule has 0 saturated carbocycles. The maximum absolute atomic E-state index is 12.5. The van der Waals surface area contributed by atoms with E-state index in [4.69, 9.17) is 9.57 Å². The predicted molar refractivity (Wildman–Crippen MR) is 117 cm³/mol. The minimum absolute atomic E-state index is 0.0447. The van der Waals surface area contributed by atoms with Crippen molar-refractivity contribution in [3.05, 3.63) is 27.3 Å². The van der Waals surface area contributed by atoms with Crippen LogP contribution in [0, 0.1) is 9.49 Å². The second-order valence-electron chi connectivity index (χ2n) is 9.11. The van der Waals surface area contributed by atoms with Crippen LogP contribution in [-0.2, 0) is 20.9 Å². The van der Waals surface area contributed by atoms with E-state index in [0.717, 1.165) is 22.0 Å². The van der Waals surface area contributed by atoms with Gasteiger partial charge < -0.3 is 14.6 Å². The van der Waals surface area contributed by atoms with Crippen LogP contribution in [0.5, 0.6) is 5.75 Å². The number of hydrogen-bond donors (Lipinski definition) is 2. The Morgan fingerprint density at radius 1 is 1.32 bits per heavy atom. The molecule has 0 amide bonds. The number of nitrogens with zero attached hydrogens (tertiary/aromatic N) is 1. The van der Waals surface area contributed by atoms with Gasteiger partial charge in [0.2, 0.25) is 0 Å². The highest BCUT2D eigenvalue weighted by atomic mass is 127. The van der Waals surface area contributed by atoms with E-state index in [9.17, 15) is 14.7 Å². The fraction of sp³-hybridized carbons (Fsp3) is 0.650. The number of hydroxylamine groups is 2. The van der Waals surface area contributed by atoms with Gasteiger partial charge >= 0.3 is 5.97 Å². The number of aromatic hydroxyl groups is 1. The van der Waals surface area contributed by atoms with E-state index in [2.05, 4.69) is 36.4 Å². The number of phenols is 1. The molecule has 156 valence electrons. The van der Waals surface area contributed by atoms with Crippen molar-refractivity contribution in [2.75, 3.05) is 0 Å². The normalized spacial score (nSPS) is 28.5. The molecule has 8 heteroatoms. The summed E-state index contributed by atoms with van der Waals surface area (Å²) in [7, 11) is -2.31. The van der Waals surface area contributed by atoms with Gasteiger partial charge in [0.15, 0.2) is 8.32 Å². The van der Waals surface area contributed by atoms with Crippen LogP contribution in [0.2, 0.25) is 18.1 Å². The molecule has 2 N–H and O–H groups in total. The molecular formula is C20H30INO5Si. The van der Waals surface area contributed by atoms with E-state index in [1.807, 2.05) is 38.2 Å². The number of phenolic OH excluding ortho intramolecular Hbond substituents is 1. The van der Waals surface area contributed by atoms with Gasteiger partial charge in [-0.25, -0.2) is 0 Å². The summed E-state index contributed by atoms with van der Waals surface area (Å²) in [5.74, 6) is -0.0850. The molecular weight excluding hydrogens is 489 g/mol. The molecule has 1 aromatic carbocycles. The Morgan fingerprint density at radius 3 is 2.64 bits per heavy atom. The number of carbonyl (C=O) groups is 1. The predicted octanol–water partition coefficient (Wildman–Crippen LogP) is 3.80. The molecule has 2 fully saturated rings. The number of para-hydroxylation sites is 1.